The van der Waals surface area contributed by atoms with Crippen LogP contribution in [0.15, 0.2) is 18.2 Å². The summed E-state index contributed by atoms with van der Waals surface area (Å²) in [5, 5.41) is 13.9. The Morgan fingerprint density at radius 1 is 1.56 bits per heavy atom. The normalized spacial score (nSPS) is 11.9. The molecule has 1 unspecified atom stereocenters. The Morgan fingerprint density at radius 2 is 2.22 bits per heavy atom. The van der Waals surface area contributed by atoms with Gasteiger partial charge in [-0.3, -0.25) is 14.9 Å². The highest BCUT2D eigenvalue weighted by molar-refractivity contribution is 5.94. The molecule has 0 heterocycles. The third-order valence-corrected chi connectivity index (χ3v) is 2.82. The zero-order valence-electron chi connectivity index (χ0n) is 10.5. The van der Waals surface area contributed by atoms with Crippen molar-refractivity contribution in [3.05, 3.63) is 33.9 Å². The van der Waals surface area contributed by atoms with Gasteiger partial charge in [0.25, 0.3) is 5.69 Å². The molecule has 1 aromatic rings. The van der Waals surface area contributed by atoms with Crippen LogP contribution in [-0.4, -0.2) is 17.4 Å². The maximum absolute atomic E-state index is 11.1. The number of carbonyl (C=O) groups is 1. The monoisotopic (exact) mass is 251 g/mol. The number of carbonyl (C=O) groups excluding carboxylic acids is 1. The summed E-state index contributed by atoms with van der Waals surface area (Å²) in [6, 6.07) is 4.07. The first kappa shape index (κ1) is 14.0. The van der Waals surface area contributed by atoms with Crippen molar-refractivity contribution in [2.45, 2.75) is 20.3 Å². The summed E-state index contributed by atoms with van der Waals surface area (Å²) >= 11 is 0. The Morgan fingerprint density at radius 3 is 2.72 bits per heavy atom. The molecule has 6 heteroatoms. The largest absolute Gasteiger partial charge is 0.379 e. The fraction of sp³-hybridized carbons (Fsp3) is 0.417. The molecule has 0 fully saturated rings. The standard InChI is InChI=1S/C12H17N3O3/c1-3-8(2)7-14-10-6-9(12(13)16)4-5-11(10)15(17)18/h4-6,8,14H,3,7H2,1-2H3,(H2,13,16). The number of amides is 1. The molecular weight excluding hydrogens is 234 g/mol. The van der Waals surface area contributed by atoms with E-state index in [1.165, 1.54) is 18.2 Å². The van der Waals surface area contributed by atoms with Crippen molar-refractivity contribution in [2.75, 3.05) is 11.9 Å². The lowest BCUT2D eigenvalue weighted by Gasteiger charge is -2.12. The summed E-state index contributed by atoms with van der Waals surface area (Å²) in [4.78, 5) is 21.4. The molecule has 1 aromatic carbocycles. The van der Waals surface area contributed by atoms with Crippen molar-refractivity contribution in [3.63, 3.8) is 0 Å². The van der Waals surface area contributed by atoms with Crippen LogP contribution in [0.2, 0.25) is 0 Å². The fourth-order valence-corrected chi connectivity index (χ4v) is 1.42. The number of nitro benzene ring substituents is 1. The van der Waals surface area contributed by atoms with Crippen molar-refractivity contribution in [2.24, 2.45) is 11.7 Å². The number of hydrogen-bond acceptors (Lipinski definition) is 4. The molecule has 0 aliphatic rings. The molecule has 6 nitrogen and oxygen atoms in total. The topological polar surface area (TPSA) is 98.3 Å². The molecule has 0 spiro atoms. The van der Waals surface area contributed by atoms with Crippen LogP contribution >= 0.6 is 0 Å². The van der Waals surface area contributed by atoms with Crippen LogP contribution in [0, 0.1) is 16.0 Å². The molecule has 0 saturated heterocycles. The summed E-state index contributed by atoms with van der Waals surface area (Å²) < 4.78 is 0. The SMILES string of the molecule is CCC(C)CNc1cc(C(N)=O)ccc1[N+](=O)[O-]. The van der Waals surface area contributed by atoms with E-state index in [4.69, 9.17) is 5.73 Å². The molecule has 98 valence electrons. The number of rotatable bonds is 6. The molecule has 0 aromatic heterocycles. The van der Waals surface area contributed by atoms with Gasteiger partial charge in [0.05, 0.1) is 4.92 Å². The zero-order chi connectivity index (χ0) is 13.7. The summed E-state index contributed by atoms with van der Waals surface area (Å²) in [6.07, 6.45) is 0.969. The fourth-order valence-electron chi connectivity index (χ4n) is 1.42. The van der Waals surface area contributed by atoms with Gasteiger partial charge < -0.3 is 11.1 Å². The zero-order valence-corrected chi connectivity index (χ0v) is 10.5. The van der Waals surface area contributed by atoms with E-state index in [0.29, 0.717) is 18.2 Å². The van der Waals surface area contributed by atoms with E-state index in [2.05, 4.69) is 5.32 Å². The van der Waals surface area contributed by atoms with Gasteiger partial charge in [-0.1, -0.05) is 20.3 Å². The molecule has 0 aliphatic heterocycles. The molecule has 3 N–H and O–H groups in total. The summed E-state index contributed by atoms with van der Waals surface area (Å²) in [5.74, 6) is -0.210. The van der Waals surface area contributed by atoms with Gasteiger partial charge in [0.15, 0.2) is 0 Å². The van der Waals surface area contributed by atoms with Crippen LogP contribution in [0.4, 0.5) is 11.4 Å². The number of nitrogens with one attached hydrogen (secondary N) is 1. The molecule has 0 aliphatic carbocycles. The molecule has 1 rings (SSSR count). The summed E-state index contributed by atoms with van der Waals surface area (Å²) in [5.41, 5.74) is 5.69. The average Bonchev–Trinajstić information content (AvgIpc) is 2.35. The predicted octanol–water partition coefficient (Wildman–Crippen LogP) is 2.15. The molecule has 1 amide bonds. The van der Waals surface area contributed by atoms with Crippen molar-refractivity contribution < 1.29 is 9.72 Å². The highest BCUT2D eigenvalue weighted by Crippen LogP contribution is 2.25. The summed E-state index contributed by atoms with van der Waals surface area (Å²) in [7, 11) is 0. The van der Waals surface area contributed by atoms with E-state index < -0.39 is 10.8 Å². The maximum atomic E-state index is 11.1. The average molecular weight is 251 g/mol. The minimum atomic E-state index is -0.600. The van der Waals surface area contributed by atoms with E-state index in [1.807, 2.05) is 13.8 Å². The Balaban J connectivity index is 3.00. The van der Waals surface area contributed by atoms with E-state index in [0.717, 1.165) is 6.42 Å². The molecule has 1 atom stereocenters. The van der Waals surface area contributed by atoms with Gasteiger partial charge in [-0.15, -0.1) is 0 Å². The van der Waals surface area contributed by atoms with Crippen LogP contribution in [0.1, 0.15) is 30.6 Å². The lowest BCUT2D eigenvalue weighted by atomic mass is 10.1. The van der Waals surface area contributed by atoms with E-state index in [-0.39, 0.29) is 11.3 Å². The second-order valence-electron chi connectivity index (χ2n) is 4.25. The van der Waals surface area contributed by atoms with Crippen LogP contribution in [-0.2, 0) is 0 Å². The third-order valence-electron chi connectivity index (χ3n) is 2.82. The van der Waals surface area contributed by atoms with Gasteiger partial charge in [0.1, 0.15) is 5.69 Å². The maximum Gasteiger partial charge on any atom is 0.292 e. The highest BCUT2D eigenvalue weighted by atomic mass is 16.6. The van der Waals surface area contributed by atoms with Gasteiger partial charge in [0.2, 0.25) is 5.91 Å². The number of benzene rings is 1. The number of primary amides is 1. The number of nitrogens with zero attached hydrogens (tertiary/aromatic N) is 1. The van der Waals surface area contributed by atoms with Crippen molar-refractivity contribution in [1.29, 1.82) is 0 Å². The van der Waals surface area contributed by atoms with E-state index >= 15 is 0 Å². The number of nitro groups is 1. The second kappa shape index (κ2) is 6.00. The van der Waals surface area contributed by atoms with Crippen molar-refractivity contribution >= 4 is 17.3 Å². The van der Waals surface area contributed by atoms with E-state index in [9.17, 15) is 14.9 Å². The van der Waals surface area contributed by atoms with Gasteiger partial charge >= 0.3 is 0 Å². The van der Waals surface area contributed by atoms with Crippen molar-refractivity contribution in [1.82, 2.24) is 0 Å². The minimum Gasteiger partial charge on any atom is -0.379 e. The van der Waals surface area contributed by atoms with Gasteiger partial charge in [-0.2, -0.15) is 0 Å². The predicted molar refractivity (Wildman–Crippen MR) is 69.6 cm³/mol. The molecule has 0 saturated carbocycles. The van der Waals surface area contributed by atoms with Gasteiger partial charge in [0, 0.05) is 18.2 Å². The first-order valence-electron chi connectivity index (χ1n) is 5.77. The van der Waals surface area contributed by atoms with Crippen LogP contribution in [0.3, 0.4) is 0 Å². The number of hydrogen-bond donors (Lipinski definition) is 2. The van der Waals surface area contributed by atoms with Gasteiger partial charge in [-0.05, 0) is 18.1 Å². The third kappa shape index (κ3) is 3.44. The smallest absolute Gasteiger partial charge is 0.292 e. The number of anilines is 1. The molecular formula is C12H17N3O3. The Kier molecular flexibility index (Phi) is 4.65. The molecule has 0 radical (unpaired) electrons. The van der Waals surface area contributed by atoms with Crippen molar-refractivity contribution in [3.8, 4) is 0 Å². The Labute approximate surface area is 105 Å². The first-order chi connectivity index (χ1) is 8.45. The number of nitrogens with two attached hydrogens (primary N) is 1. The second-order valence-corrected chi connectivity index (χ2v) is 4.25. The molecule has 0 bridgehead atoms. The van der Waals surface area contributed by atoms with Crippen LogP contribution in [0.5, 0.6) is 0 Å². The Bertz CT molecular complexity index is 460. The quantitative estimate of drug-likeness (QED) is 0.597. The van der Waals surface area contributed by atoms with Crippen LogP contribution < -0.4 is 11.1 Å². The lowest BCUT2D eigenvalue weighted by molar-refractivity contribution is -0.384. The lowest BCUT2D eigenvalue weighted by Crippen LogP contribution is -2.14. The van der Waals surface area contributed by atoms with Gasteiger partial charge in [-0.25, -0.2) is 0 Å². The highest BCUT2D eigenvalue weighted by Gasteiger charge is 2.16. The molecule has 18 heavy (non-hydrogen) atoms. The van der Waals surface area contributed by atoms with E-state index in [1.54, 1.807) is 0 Å². The Hall–Kier alpha value is -2.11. The van der Waals surface area contributed by atoms with Crippen LogP contribution in [0.25, 0.3) is 0 Å². The first-order valence-corrected chi connectivity index (χ1v) is 5.77. The minimum absolute atomic E-state index is 0.0525. The summed E-state index contributed by atoms with van der Waals surface area (Å²) in [6.45, 7) is 4.69.